The van der Waals surface area contributed by atoms with Crippen molar-refractivity contribution in [1.82, 2.24) is 20.8 Å². The van der Waals surface area contributed by atoms with E-state index in [1.807, 2.05) is 6.20 Å². The molecule has 0 saturated carbocycles. The maximum atomic E-state index is 10.9. The van der Waals surface area contributed by atoms with E-state index in [2.05, 4.69) is 20.8 Å². The SMILES string of the molecule is O=C1CCC(NCc2cn[nH]c2)CN1. The van der Waals surface area contributed by atoms with Gasteiger partial charge in [-0.1, -0.05) is 0 Å². The number of amides is 1. The fourth-order valence-electron chi connectivity index (χ4n) is 1.54. The molecule has 2 rings (SSSR count). The molecule has 0 bridgehead atoms. The van der Waals surface area contributed by atoms with Crippen LogP contribution in [-0.2, 0) is 11.3 Å². The van der Waals surface area contributed by atoms with Gasteiger partial charge in [-0.05, 0) is 6.42 Å². The van der Waals surface area contributed by atoms with Gasteiger partial charge in [0.1, 0.15) is 0 Å². The van der Waals surface area contributed by atoms with Gasteiger partial charge < -0.3 is 10.6 Å². The van der Waals surface area contributed by atoms with E-state index in [1.165, 1.54) is 0 Å². The highest BCUT2D eigenvalue weighted by molar-refractivity contribution is 5.76. The summed E-state index contributed by atoms with van der Waals surface area (Å²) in [6.45, 7) is 1.54. The zero-order valence-electron chi connectivity index (χ0n) is 7.92. The Morgan fingerprint density at radius 1 is 1.64 bits per heavy atom. The third-order valence-electron chi connectivity index (χ3n) is 2.42. The van der Waals surface area contributed by atoms with E-state index in [0.717, 1.165) is 25.1 Å². The highest BCUT2D eigenvalue weighted by atomic mass is 16.1. The smallest absolute Gasteiger partial charge is 0.220 e. The van der Waals surface area contributed by atoms with Crippen LogP contribution in [0.4, 0.5) is 0 Å². The Balaban J connectivity index is 1.73. The van der Waals surface area contributed by atoms with E-state index in [-0.39, 0.29) is 5.91 Å². The number of carbonyl (C=O) groups excluding carboxylic acids is 1. The number of nitrogens with one attached hydrogen (secondary N) is 3. The summed E-state index contributed by atoms with van der Waals surface area (Å²) in [5, 5.41) is 12.8. The predicted octanol–water partition coefficient (Wildman–Crippen LogP) is -0.222. The fourth-order valence-corrected chi connectivity index (χ4v) is 1.54. The van der Waals surface area contributed by atoms with E-state index < -0.39 is 0 Å². The molecule has 0 radical (unpaired) electrons. The molecule has 76 valence electrons. The molecule has 1 amide bonds. The second-order valence-corrected chi connectivity index (χ2v) is 3.53. The zero-order valence-corrected chi connectivity index (χ0v) is 7.92. The lowest BCUT2D eigenvalue weighted by molar-refractivity contribution is -0.122. The Labute approximate surface area is 82.3 Å². The number of H-pyrrole nitrogens is 1. The number of piperidine rings is 1. The van der Waals surface area contributed by atoms with Crippen molar-refractivity contribution < 1.29 is 4.79 Å². The van der Waals surface area contributed by atoms with Crippen LogP contribution in [0.3, 0.4) is 0 Å². The van der Waals surface area contributed by atoms with Crippen molar-refractivity contribution in [2.24, 2.45) is 0 Å². The van der Waals surface area contributed by atoms with Crippen LogP contribution in [0.15, 0.2) is 12.4 Å². The van der Waals surface area contributed by atoms with Crippen molar-refractivity contribution in [2.75, 3.05) is 6.54 Å². The molecule has 3 N–H and O–H groups in total. The molecule has 2 heterocycles. The third kappa shape index (κ3) is 2.32. The van der Waals surface area contributed by atoms with Gasteiger partial charge in [0.05, 0.1) is 6.20 Å². The van der Waals surface area contributed by atoms with Crippen LogP contribution >= 0.6 is 0 Å². The van der Waals surface area contributed by atoms with Gasteiger partial charge in [0.2, 0.25) is 5.91 Å². The largest absolute Gasteiger partial charge is 0.355 e. The summed E-state index contributed by atoms with van der Waals surface area (Å²) < 4.78 is 0. The molecule has 1 fully saturated rings. The minimum absolute atomic E-state index is 0.159. The summed E-state index contributed by atoms with van der Waals surface area (Å²) in [5.41, 5.74) is 1.14. The molecule has 5 heteroatoms. The van der Waals surface area contributed by atoms with Crippen LogP contribution in [0.25, 0.3) is 0 Å². The van der Waals surface area contributed by atoms with E-state index in [4.69, 9.17) is 0 Å². The second-order valence-electron chi connectivity index (χ2n) is 3.53. The highest BCUT2D eigenvalue weighted by Gasteiger charge is 2.16. The first kappa shape index (κ1) is 9.21. The average molecular weight is 194 g/mol. The van der Waals surface area contributed by atoms with E-state index in [0.29, 0.717) is 12.5 Å². The first-order chi connectivity index (χ1) is 6.84. The topological polar surface area (TPSA) is 69.8 Å². The summed E-state index contributed by atoms with van der Waals surface area (Å²) in [4.78, 5) is 10.9. The Morgan fingerprint density at radius 2 is 2.57 bits per heavy atom. The molecular formula is C9H14N4O. The van der Waals surface area contributed by atoms with Gasteiger partial charge >= 0.3 is 0 Å². The number of nitrogens with zero attached hydrogens (tertiary/aromatic N) is 1. The summed E-state index contributed by atoms with van der Waals surface area (Å²) >= 11 is 0. The van der Waals surface area contributed by atoms with Crippen LogP contribution in [-0.4, -0.2) is 28.7 Å². The quantitative estimate of drug-likeness (QED) is 0.623. The van der Waals surface area contributed by atoms with E-state index in [9.17, 15) is 4.79 Å². The highest BCUT2D eigenvalue weighted by Crippen LogP contribution is 2.03. The predicted molar refractivity (Wildman–Crippen MR) is 51.5 cm³/mol. The summed E-state index contributed by atoms with van der Waals surface area (Å²) in [5.74, 6) is 0.159. The van der Waals surface area contributed by atoms with Crippen molar-refractivity contribution >= 4 is 5.91 Å². The zero-order chi connectivity index (χ0) is 9.80. The van der Waals surface area contributed by atoms with Gasteiger partial charge in [-0.2, -0.15) is 5.10 Å². The molecule has 0 aliphatic carbocycles. The lowest BCUT2D eigenvalue weighted by Gasteiger charge is -2.23. The molecule has 1 aromatic rings. The van der Waals surface area contributed by atoms with Crippen LogP contribution < -0.4 is 10.6 Å². The number of hydrogen-bond donors (Lipinski definition) is 3. The van der Waals surface area contributed by atoms with Gasteiger partial charge in [-0.3, -0.25) is 9.89 Å². The summed E-state index contributed by atoms with van der Waals surface area (Å²) in [6, 6.07) is 0.391. The molecule has 1 aliphatic heterocycles. The first-order valence-electron chi connectivity index (χ1n) is 4.82. The normalized spacial score (nSPS) is 22.0. The summed E-state index contributed by atoms with van der Waals surface area (Å²) in [7, 11) is 0. The monoisotopic (exact) mass is 194 g/mol. The maximum Gasteiger partial charge on any atom is 0.220 e. The molecule has 0 aromatic carbocycles. The molecule has 14 heavy (non-hydrogen) atoms. The molecular weight excluding hydrogens is 180 g/mol. The Hall–Kier alpha value is -1.36. The molecule has 5 nitrogen and oxygen atoms in total. The van der Waals surface area contributed by atoms with Crippen LogP contribution in [0.1, 0.15) is 18.4 Å². The van der Waals surface area contributed by atoms with Crippen molar-refractivity contribution in [2.45, 2.75) is 25.4 Å². The Morgan fingerprint density at radius 3 is 3.21 bits per heavy atom. The average Bonchev–Trinajstić information content (AvgIpc) is 2.70. The van der Waals surface area contributed by atoms with Crippen molar-refractivity contribution in [1.29, 1.82) is 0 Å². The van der Waals surface area contributed by atoms with Gasteiger partial charge in [0, 0.05) is 37.3 Å². The first-order valence-corrected chi connectivity index (χ1v) is 4.82. The Bertz CT molecular complexity index is 286. The van der Waals surface area contributed by atoms with Gasteiger partial charge in [-0.25, -0.2) is 0 Å². The lowest BCUT2D eigenvalue weighted by atomic mass is 10.1. The second kappa shape index (κ2) is 4.23. The number of rotatable bonds is 3. The number of aromatic amines is 1. The fraction of sp³-hybridized carbons (Fsp3) is 0.556. The molecule has 1 unspecified atom stereocenters. The Kier molecular flexibility index (Phi) is 2.78. The molecule has 1 aliphatic rings. The van der Waals surface area contributed by atoms with Crippen LogP contribution in [0.5, 0.6) is 0 Å². The third-order valence-corrected chi connectivity index (χ3v) is 2.42. The van der Waals surface area contributed by atoms with Crippen LogP contribution in [0, 0.1) is 0 Å². The molecule has 1 atom stereocenters. The number of hydrogen-bond acceptors (Lipinski definition) is 3. The van der Waals surface area contributed by atoms with E-state index in [1.54, 1.807) is 6.20 Å². The minimum atomic E-state index is 0.159. The summed E-state index contributed by atoms with van der Waals surface area (Å²) in [6.07, 6.45) is 5.22. The van der Waals surface area contributed by atoms with Gasteiger partial charge in [-0.15, -0.1) is 0 Å². The standard InChI is InChI=1S/C9H14N4O/c14-9-2-1-8(6-11-9)10-3-7-4-12-13-5-7/h4-5,8,10H,1-3,6H2,(H,11,14)(H,12,13). The van der Waals surface area contributed by atoms with Crippen LogP contribution in [0.2, 0.25) is 0 Å². The van der Waals surface area contributed by atoms with Crippen molar-refractivity contribution in [3.8, 4) is 0 Å². The lowest BCUT2D eigenvalue weighted by Crippen LogP contribution is -2.45. The van der Waals surface area contributed by atoms with Gasteiger partial charge in [0.25, 0.3) is 0 Å². The number of carbonyl (C=O) groups is 1. The molecule has 1 aromatic heterocycles. The minimum Gasteiger partial charge on any atom is -0.355 e. The van der Waals surface area contributed by atoms with Crippen molar-refractivity contribution in [3.05, 3.63) is 18.0 Å². The number of aromatic nitrogens is 2. The maximum absolute atomic E-state index is 10.9. The van der Waals surface area contributed by atoms with E-state index >= 15 is 0 Å². The molecule has 0 spiro atoms. The van der Waals surface area contributed by atoms with Crippen molar-refractivity contribution in [3.63, 3.8) is 0 Å². The van der Waals surface area contributed by atoms with Gasteiger partial charge in [0.15, 0.2) is 0 Å². The molecule has 1 saturated heterocycles.